The summed E-state index contributed by atoms with van der Waals surface area (Å²) in [5.41, 5.74) is 1.01. The molecule has 2 bridgehead atoms. The first-order valence-corrected chi connectivity index (χ1v) is 8.11. The van der Waals surface area contributed by atoms with E-state index in [1.165, 1.54) is 19.3 Å². The molecule has 0 radical (unpaired) electrons. The van der Waals surface area contributed by atoms with Gasteiger partial charge in [-0.2, -0.15) is 0 Å². The molecule has 2 atom stereocenters. The third-order valence-corrected chi connectivity index (χ3v) is 4.90. The highest BCUT2D eigenvalue weighted by Gasteiger charge is 2.37. The third-order valence-electron chi connectivity index (χ3n) is 4.90. The van der Waals surface area contributed by atoms with Crippen molar-refractivity contribution in [3.8, 4) is 5.75 Å². The lowest BCUT2D eigenvalue weighted by Crippen LogP contribution is -2.56. The van der Waals surface area contributed by atoms with Crippen LogP contribution in [0, 0.1) is 5.82 Å². The van der Waals surface area contributed by atoms with Gasteiger partial charge in [-0.15, -0.1) is 0 Å². The van der Waals surface area contributed by atoms with Crippen molar-refractivity contribution in [2.24, 2.45) is 0 Å². The lowest BCUT2D eigenvalue weighted by Gasteiger charge is -2.50. The number of nitrogens with zero attached hydrogens (tertiary/aromatic N) is 1. The van der Waals surface area contributed by atoms with Crippen LogP contribution in [0.4, 0.5) is 10.1 Å². The van der Waals surface area contributed by atoms with Gasteiger partial charge in [-0.05, 0) is 58.2 Å². The topological polar surface area (TPSA) is 24.5 Å². The van der Waals surface area contributed by atoms with Crippen molar-refractivity contribution in [2.75, 3.05) is 18.6 Å². The lowest BCUT2D eigenvalue weighted by atomic mass is 9.81. The lowest BCUT2D eigenvalue weighted by molar-refractivity contribution is 0.252. The summed E-state index contributed by atoms with van der Waals surface area (Å²) in [7, 11) is 2.05. The molecule has 1 N–H and O–H groups in total. The van der Waals surface area contributed by atoms with E-state index in [4.69, 9.17) is 4.74 Å². The second-order valence-corrected chi connectivity index (χ2v) is 6.15. The molecule has 2 heterocycles. The fraction of sp³-hybridized carbons (Fsp3) is 0.647. The number of halogens is 1. The number of nitrogens with one attached hydrogen (secondary N) is 1. The van der Waals surface area contributed by atoms with Gasteiger partial charge in [-0.25, -0.2) is 4.39 Å². The predicted octanol–water partition coefficient (Wildman–Crippen LogP) is 3.33. The summed E-state index contributed by atoms with van der Waals surface area (Å²) in [6.45, 7) is 2.37. The molecule has 0 saturated carbocycles. The first-order valence-electron chi connectivity index (χ1n) is 8.11. The molecule has 1 aromatic rings. The van der Waals surface area contributed by atoms with Crippen molar-refractivity contribution in [3.05, 3.63) is 24.0 Å². The van der Waals surface area contributed by atoms with Crippen LogP contribution in [0.15, 0.2) is 18.2 Å². The molecule has 2 saturated heterocycles. The van der Waals surface area contributed by atoms with Gasteiger partial charge < -0.3 is 15.0 Å². The Hall–Kier alpha value is -1.29. The van der Waals surface area contributed by atoms with Gasteiger partial charge in [0.2, 0.25) is 0 Å². The molecule has 21 heavy (non-hydrogen) atoms. The Morgan fingerprint density at radius 2 is 2.00 bits per heavy atom. The molecule has 2 unspecified atom stereocenters. The van der Waals surface area contributed by atoms with Gasteiger partial charge in [0.1, 0.15) is 0 Å². The van der Waals surface area contributed by atoms with Gasteiger partial charge in [0, 0.05) is 29.9 Å². The number of piperidine rings is 2. The Bertz CT molecular complexity index is 480. The fourth-order valence-corrected chi connectivity index (χ4v) is 3.96. The minimum atomic E-state index is -0.247. The number of hydrogen-bond donors (Lipinski definition) is 1. The average molecular weight is 292 g/mol. The molecule has 2 fully saturated rings. The molecule has 3 rings (SSSR count). The molecule has 1 aromatic carbocycles. The van der Waals surface area contributed by atoms with E-state index in [1.54, 1.807) is 12.1 Å². The van der Waals surface area contributed by atoms with E-state index in [-0.39, 0.29) is 5.82 Å². The van der Waals surface area contributed by atoms with Gasteiger partial charge >= 0.3 is 0 Å². The molecule has 0 amide bonds. The van der Waals surface area contributed by atoms with Crippen molar-refractivity contribution in [1.82, 2.24) is 5.32 Å². The van der Waals surface area contributed by atoms with Crippen molar-refractivity contribution in [2.45, 2.75) is 57.2 Å². The zero-order valence-electron chi connectivity index (χ0n) is 12.9. The fourth-order valence-electron chi connectivity index (χ4n) is 3.96. The number of hydrogen-bond acceptors (Lipinski definition) is 3. The predicted molar refractivity (Wildman–Crippen MR) is 83.6 cm³/mol. The van der Waals surface area contributed by atoms with Crippen molar-refractivity contribution in [3.63, 3.8) is 0 Å². The second kappa shape index (κ2) is 6.22. The average Bonchev–Trinajstić information content (AvgIpc) is 2.48. The van der Waals surface area contributed by atoms with Crippen LogP contribution in [0.5, 0.6) is 5.75 Å². The van der Waals surface area contributed by atoms with Crippen LogP contribution in [0.2, 0.25) is 0 Å². The highest BCUT2D eigenvalue weighted by Crippen LogP contribution is 2.38. The Morgan fingerprint density at radius 3 is 2.57 bits per heavy atom. The molecule has 116 valence electrons. The van der Waals surface area contributed by atoms with Crippen molar-refractivity contribution in [1.29, 1.82) is 0 Å². The monoisotopic (exact) mass is 292 g/mol. The highest BCUT2D eigenvalue weighted by molar-refractivity contribution is 5.52. The van der Waals surface area contributed by atoms with Crippen molar-refractivity contribution < 1.29 is 9.13 Å². The summed E-state index contributed by atoms with van der Waals surface area (Å²) in [6.07, 6.45) is 6.03. The van der Waals surface area contributed by atoms with E-state index >= 15 is 0 Å². The van der Waals surface area contributed by atoms with Gasteiger partial charge in [-0.1, -0.05) is 0 Å². The zero-order valence-corrected chi connectivity index (χ0v) is 12.9. The third kappa shape index (κ3) is 2.86. The second-order valence-electron chi connectivity index (χ2n) is 6.15. The number of fused-ring (bicyclic) bond motifs is 2. The first kappa shape index (κ1) is 14.6. The van der Waals surface area contributed by atoms with E-state index in [0.717, 1.165) is 18.5 Å². The summed E-state index contributed by atoms with van der Waals surface area (Å²) in [6, 6.07) is 7.10. The Kier molecular flexibility index (Phi) is 4.34. The Labute approximate surface area is 126 Å². The largest absolute Gasteiger partial charge is 0.491 e. The van der Waals surface area contributed by atoms with Gasteiger partial charge in [-0.3, -0.25) is 0 Å². The van der Waals surface area contributed by atoms with Crippen LogP contribution in [-0.4, -0.2) is 31.8 Å². The van der Waals surface area contributed by atoms with Crippen LogP contribution >= 0.6 is 0 Å². The first-order chi connectivity index (χ1) is 10.2. The molecule has 0 aromatic heterocycles. The molecule has 0 aliphatic carbocycles. The number of benzene rings is 1. The number of ether oxygens (including phenoxy) is 1. The van der Waals surface area contributed by atoms with E-state index < -0.39 is 0 Å². The van der Waals surface area contributed by atoms with Crippen LogP contribution < -0.4 is 15.0 Å². The van der Waals surface area contributed by atoms with Gasteiger partial charge in [0.25, 0.3) is 0 Å². The van der Waals surface area contributed by atoms with Crippen LogP contribution in [-0.2, 0) is 0 Å². The van der Waals surface area contributed by atoms with Crippen molar-refractivity contribution >= 4 is 5.69 Å². The summed E-state index contributed by atoms with van der Waals surface area (Å²) in [5, 5.41) is 3.42. The summed E-state index contributed by atoms with van der Waals surface area (Å²) in [4.78, 5) is 2.45. The van der Waals surface area contributed by atoms with E-state index in [1.807, 2.05) is 20.0 Å². The quantitative estimate of drug-likeness (QED) is 0.921. The summed E-state index contributed by atoms with van der Waals surface area (Å²) >= 11 is 0. The summed E-state index contributed by atoms with van der Waals surface area (Å²) in [5.74, 6) is 0.111. The number of anilines is 1. The smallest absolute Gasteiger partial charge is 0.167 e. The minimum absolute atomic E-state index is 0.247. The highest BCUT2D eigenvalue weighted by atomic mass is 19.1. The Balaban J connectivity index is 1.84. The van der Waals surface area contributed by atoms with E-state index in [0.29, 0.717) is 30.5 Å². The maximum absolute atomic E-state index is 14.1. The van der Waals surface area contributed by atoms with Crippen LogP contribution in [0.1, 0.15) is 39.0 Å². The maximum Gasteiger partial charge on any atom is 0.167 e. The molecule has 4 heteroatoms. The standard InChI is InChI=1S/C17H25FN2O/c1-3-21-17-8-7-15(11-16(17)18)20-13-5-4-6-14(20)10-12(9-13)19-2/h7-8,11-14,19H,3-6,9-10H2,1-2H3. The van der Waals surface area contributed by atoms with E-state index in [9.17, 15) is 4.39 Å². The molecule has 3 nitrogen and oxygen atoms in total. The van der Waals surface area contributed by atoms with Crippen LogP contribution in [0.3, 0.4) is 0 Å². The summed E-state index contributed by atoms with van der Waals surface area (Å²) < 4.78 is 19.5. The number of rotatable bonds is 4. The Morgan fingerprint density at radius 1 is 1.29 bits per heavy atom. The minimum Gasteiger partial charge on any atom is -0.491 e. The molecular formula is C17H25FN2O. The van der Waals surface area contributed by atoms with E-state index in [2.05, 4.69) is 10.2 Å². The SMILES string of the molecule is CCOc1ccc(N2C3CCCC2CC(NC)C3)cc1F. The van der Waals surface area contributed by atoms with Gasteiger partial charge in [0.15, 0.2) is 11.6 Å². The molecule has 2 aliphatic heterocycles. The molecule has 2 aliphatic rings. The molecular weight excluding hydrogens is 267 g/mol. The molecule has 0 spiro atoms. The van der Waals surface area contributed by atoms with Crippen LogP contribution in [0.25, 0.3) is 0 Å². The maximum atomic E-state index is 14.1. The van der Waals surface area contributed by atoms with Gasteiger partial charge in [0.05, 0.1) is 6.61 Å². The normalized spacial score (nSPS) is 28.5. The zero-order chi connectivity index (χ0) is 14.8.